The molecule has 2 aromatic rings. The number of rotatable bonds is 6. The number of benzene rings is 1. The summed E-state index contributed by atoms with van der Waals surface area (Å²) in [6.45, 7) is 2.49. The number of pyridine rings is 1. The minimum absolute atomic E-state index is 0.219. The van der Waals surface area contributed by atoms with Crippen molar-refractivity contribution in [2.75, 3.05) is 13.1 Å². The Balaban J connectivity index is 1.70. The van der Waals surface area contributed by atoms with Crippen molar-refractivity contribution >= 4 is 23.5 Å². The first-order chi connectivity index (χ1) is 11.6. The Morgan fingerprint density at radius 3 is 2.58 bits per heavy atom. The van der Waals surface area contributed by atoms with Gasteiger partial charge in [-0.3, -0.25) is 9.78 Å². The lowest BCUT2D eigenvalue weighted by atomic mass is 10.1. The monoisotopic (exact) mass is 346 g/mol. The second-order valence-corrected chi connectivity index (χ2v) is 5.55. The Labute approximate surface area is 145 Å². The van der Waals surface area contributed by atoms with E-state index >= 15 is 0 Å². The molecule has 2 rings (SSSR count). The van der Waals surface area contributed by atoms with Crippen LogP contribution in [0.1, 0.15) is 28.9 Å². The lowest BCUT2D eigenvalue weighted by molar-refractivity contribution is 0.0953. The molecule has 7 heteroatoms. The molecule has 3 amide bonds. The second-order valence-electron chi connectivity index (χ2n) is 5.14. The summed E-state index contributed by atoms with van der Waals surface area (Å²) in [7, 11) is 0. The molecule has 1 heterocycles. The molecule has 126 valence electrons. The number of amides is 3. The maximum Gasteiger partial charge on any atom is 0.315 e. The second kappa shape index (κ2) is 8.88. The third-order valence-electron chi connectivity index (χ3n) is 3.34. The van der Waals surface area contributed by atoms with Crippen LogP contribution in [-0.2, 0) is 0 Å². The number of carbonyl (C=O) groups excluding carboxylic acids is 2. The van der Waals surface area contributed by atoms with Crippen LogP contribution in [0, 0.1) is 0 Å². The van der Waals surface area contributed by atoms with E-state index in [0.29, 0.717) is 23.7 Å². The van der Waals surface area contributed by atoms with Gasteiger partial charge in [0.15, 0.2) is 0 Å². The molecule has 0 unspecified atom stereocenters. The zero-order valence-electron chi connectivity index (χ0n) is 13.3. The molecule has 6 nitrogen and oxygen atoms in total. The topological polar surface area (TPSA) is 83.1 Å². The predicted molar refractivity (Wildman–Crippen MR) is 93.0 cm³/mol. The molecule has 1 aromatic heterocycles. The van der Waals surface area contributed by atoms with Gasteiger partial charge in [-0.05, 0) is 30.7 Å². The molecule has 0 aliphatic heterocycles. The molecular weight excluding hydrogens is 328 g/mol. The molecule has 0 fully saturated rings. The van der Waals surface area contributed by atoms with Crippen molar-refractivity contribution in [3.8, 4) is 0 Å². The summed E-state index contributed by atoms with van der Waals surface area (Å²) in [5.41, 5.74) is 1.33. The molecule has 1 atom stereocenters. The van der Waals surface area contributed by atoms with Gasteiger partial charge in [0.05, 0.1) is 11.6 Å². The van der Waals surface area contributed by atoms with Crippen LogP contribution < -0.4 is 16.0 Å². The van der Waals surface area contributed by atoms with Crippen molar-refractivity contribution in [2.24, 2.45) is 0 Å². The fourth-order valence-corrected chi connectivity index (χ4v) is 2.40. The fourth-order valence-electron chi connectivity index (χ4n) is 2.10. The normalized spacial score (nSPS) is 11.4. The van der Waals surface area contributed by atoms with E-state index in [1.807, 2.05) is 25.1 Å². The van der Waals surface area contributed by atoms with Crippen LogP contribution in [0.3, 0.4) is 0 Å². The molecule has 0 spiro atoms. The lowest BCUT2D eigenvalue weighted by Crippen LogP contribution is -2.41. The maximum absolute atomic E-state index is 11.9. The van der Waals surface area contributed by atoms with E-state index in [9.17, 15) is 9.59 Å². The average Bonchev–Trinajstić information content (AvgIpc) is 2.59. The molecule has 0 aliphatic rings. The SMILES string of the molecule is C[C@@H](NC(=O)NCCNC(=O)c1cccnc1)c1ccccc1Cl. The molecule has 0 saturated heterocycles. The summed E-state index contributed by atoms with van der Waals surface area (Å²) < 4.78 is 0. The average molecular weight is 347 g/mol. The Morgan fingerprint density at radius 2 is 1.88 bits per heavy atom. The van der Waals surface area contributed by atoms with Crippen LogP contribution in [0.2, 0.25) is 5.02 Å². The third kappa shape index (κ3) is 5.24. The van der Waals surface area contributed by atoms with Crippen molar-refractivity contribution in [2.45, 2.75) is 13.0 Å². The predicted octanol–water partition coefficient (Wildman–Crippen LogP) is 2.53. The number of nitrogens with one attached hydrogen (secondary N) is 3. The van der Waals surface area contributed by atoms with E-state index < -0.39 is 0 Å². The van der Waals surface area contributed by atoms with Crippen LogP contribution >= 0.6 is 11.6 Å². The molecule has 1 aromatic carbocycles. The first-order valence-corrected chi connectivity index (χ1v) is 7.92. The van der Waals surface area contributed by atoms with Crippen molar-refractivity contribution in [1.29, 1.82) is 0 Å². The van der Waals surface area contributed by atoms with E-state index in [-0.39, 0.29) is 18.0 Å². The van der Waals surface area contributed by atoms with Gasteiger partial charge in [0, 0.05) is 30.5 Å². The first-order valence-electron chi connectivity index (χ1n) is 7.55. The number of carbonyl (C=O) groups is 2. The van der Waals surface area contributed by atoms with Crippen LogP contribution in [0.15, 0.2) is 48.8 Å². The number of hydrogen-bond acceptors (Lipinski definition) is 3. The minimum atomic E-state index is -0.321. The van der Waals surface area contributed by atoms with Crippen LogP contribution in [0.5, 0.6) is 0 Å². The van der Waals surface area contributed by atoms with E-state index in [2.05, 4.69) is 20.9 Å². The van der Waals surface area contributed by atoms with Gasteiger partial charge in [-0.2, -0.15) is 0 Å². The van der Waals surface area contributed by atoms with Gasteiger partial charge in [0.25, 0.3) is 5.91 Å². The van der Waals surface area contributed by atoms with E-state index in [1.165, 1.54) is 6.20 Å². The highest BCUT2D eigenvalue weighted by atomic mass is 35.5. The van der Waals surface area contributed by atoms with Crippen LogP contribution in [0.4, 0.5) is 4.79 Å². The van der Waals surface area contributed by atoms with Crippen molar-refractivity contribution < 1.29 is 9.59 Å². The summed E-state index contributed by atoms with van der Waals surface area (Å²) in [6.07, 6.45) is 3.09. The summed E-state index contributed by atoms with van der Waals surface area (Å²) in [5.74, 6) is -0.227. The number of aromatic nitrogens is 1. The standard InChI is InChI=1S/C17H19ClN4O2/c1-12(14-6-2-3-7-15(14)18)22-17(24)21-10-9-20-16(23)13-5-4-8-19-11-13/h2-8,11-12H,9-10H2,1H3,(H,20,23)(H2,21,22,24)/t12-/m1/s1. The van der Waals surface area contributed by atoms with Gasteiger partial charge in [-0.25, -0.2) is 4.79 Å². The van der Waals surface area contributed by atoms with Crippen LogP contribution in [-0.4, -0.2) is 30.0 Å². The molecule has 0 saturated carbocycles. The minimum Gasteiger partial charge on any atom is -0.350 e. The Hall–Kier alpha value is -2.60. The molecule has 0 bridgehead atoms. The number of urea groups is 1. The number of halogens is 1. The molecule has 3 N–H and O–H groups in total. The first kappa shape index (κ1) is 17.7. The highest BCUT2D eigenvalue weighted by Gasteiger charge is 2.11. The van der Waals surface area contributed by atoms with Gasteiger partial charge < -0.3 is 16.0 Å². The van der Waals surface area contributed by atoms with Crippen molar-refractivity contribution in [1.82, 2.24) is 20.9 Å². The zero-order valence-corrected chi connectivity index (χ0v) is 14.0. The summed E-state index contributed by atoms with van der Waals surface area (Å²) in [5, 5.41) is 8.80. The quantitative estimate of drug-likeness (QED) is 0.703. The third-order valence-corrected chi connectivity index (χ3v) is 3.68. The highest BCUT2D eigenvalue weighted by molar-refractivity contribution is 6.31. The Bertz CT molecular complexity index is 694. The van der Waals surface area contributed by atoms with Crippen molar-refractivity contribution in [3.05, 3.63) is 64.9 Å². The smallest absolute Gasteiger partial charge is 0.315 e. The molecule has 24 heavy (non-hydrogen) atoms. The van der Waals surface area contributed by atoms with Crippen LogP contribution in [0.25, 0.3) is 0 Å². The van der Waals surface area contributed by atoms with Gasteiger partial charge in [-0.15, -0.1) is 0 Å². The lowest BCUT2D eigenvalue weighted by Gasteiger charge is -2.16. The summed E-state index contributed by atoms with van der Waals surface area (Å²) >= 11 is 6.10. The van der Waals surface area contributed by atoms with Gasteiger partial charge in [0.2, 0.25) is 0 Å². The zero-order chi connectivity index (χ0) is 17.4. The largest absolute Gasteiger partial charge is 0.350 e. The Kier molecular flexibility index (Phi) is 6.57. The maximum atomic E-state index is 11.9. The summed E-state index contributed by atoms with van der Waals surface area (Å²) in [6, 6.07) is 10.2. The van der Waals surface area contributed by atoms with Crippen molar-refractivity contribution in [3.63, 3.8) is 0 Å². The number of hydrogen-bond donors (Lipinski definition) is 3. The summed E-state index contributed by atoms with van der Waals surface area (Å²) in [4.78, 5) is 27.5. The Morgan fingerprint density at radius 1 is 1.12 bits per heavy atom. The highest BCUT2D eigenvalue weighted by Crippen LogP contribution is 2.21. The van der Waals surface area contributed by atoms with E-state index in [0.717, 1.165) is 5.56 Å². The van der Waals surface area contributed by atoms with Gasteiger partial charge >= 0.3 is 6.03 Å². The fraction of sp³-hybridized carbons (Fsp3) is 0.235. The van der Waals surface area contributed by atoms with Gasteiger partial charge in [-0.1, -0.05) is 29.8 Å². The van der Waals surface area contributed by atoms with Gasteiger partial charge in [0.1, 0.15) is 0 Å². The molecular formula is C17H19ClN4O2. The van der Waals surface area contributed by atoms with E-state index in [4.69, 9.17) is 11.6 Å². The molecule has 0 radical (unpaired) electrons. The van der Waals surface area contributed by atoms with E-state index in [1.54, 1.807) is 24.4 Å². The molecule has 0 aliphatic carbocycles. The number of nitrogens with zero attached hydrogens (tertiary/aromatic N) is 1.